The highest BCUT2D eigenvalue weighted by Gasteiger charge is 2.10. The Labute approximate surface area is 120 Å². The second-order valence-corrected chi connectivity index (χ2v) is 5.27. The molecule has 0 bridgehead atoms. The number of nitrogens with zero attached hydrogens (tertiary/aromatic N) is 2. The van der Waals surface area contributed by atoms with Gasteiger partial charge in [-0.3, -0.25) is 10.1 Å². The van der Waals surface area contributed by atoms with E-state index in [2.05, 4.69) is 15.5 Å². The van der Waals surface area contributed by atoms with Crippen molar-refractivity contribution in [2.24, 2.45) is 5.73 Å². The third kappa shape index (κ3) is 4.07. The molecule has 20 heavy (non-hydrogen) atoms. The van der Waals surface area contributed by atoms with Crippen molar-refractivity contribution in [3.8, 4) is 0 Å². The van der Waals surface area contributed by atoms with E-state index >= 15 is 0 Å². The number of halogens is 1. The Bertz CT molecular complexity index is 570. The van der Waals surface area contributed by atoms with E-state index in [9.17, 15) is 9.18 Å². The summed E-state index contributed by atoms with van der Waals surface area (Å²) in [6.45, 7) is 0.660. The van der Waals surface area contributed by atoms with Gasteiger partial charge in [0.25, 0.3) is 5.91 Å². The predicted octanol–water partition coefficient (Wildman–Crippen LogP) is 2.21. The lowest BCUT2D eigenvalue weighted by Crippen LogP contribution is -2.11. The van der Waals surface area contributed by atoms with Crippen molar-refractivity contribution in [3.05, 3.63) is 40.7 Å². The van der Waals surface area contributed by atoms with E-state index in [1.165, 1.54) is 35.6 Å². The van der Waals surface area contributed by atoms with Crippen LogP contribution in [0.4, 0.5) is 9.52 Å². The minimum atomic E-state index is -0.375. The zero-order valence-electron chi connectivity index (χ0n) is 10.8. The van der Waals surface area contributed by atoms with Gasteiger partial charge in [-0.2, -0.15) is 0 Å². The summed E-state index contributed by atoms with van der Waals surface area (Å²) in [5.41, 5.74) is 5.80. The van der Waals surface area contributed by atoms with E-state index < -0.39 is 0 Å². The smallest absolute Gasteiger partial charge is 0.257 e. The third-order valence-electron chi connectivity index (χ3n) is 2.64. The highest BCUT2D eigenvalue weighted by atomic mass is 32.1. The van der Waals surface area contributed by atoms with Crippen LogP contribution in [0.15, 0.2) is 24.3 Å². The van der Waals surface area contributed by atoms with Gasteiger partial charge >= 0.3 is 0 Å². The molecule has 0 aliphatic rings. The lowest BCUT2D eigenvalue weighted by atomic mass is 10.2. The Hall–Kier alpha value is -1.86. The highest BCUT2D eigenvalue weighted by Crippen LogP contribution is 2.18. The largest absolute Gasteiger partial charge is 0.330 e. The normalized spacial score (nSPS) is 10.5. The highest BCUT2D eigenvalue weighted by molar-refractivity contribution is 7.15. The van der Waals surface area contributed by atoms with Gasteiger partial charge in [0.1, 0.15) is 10.8 Å². The SMILES string of the molecule is NCCCCc1nnc(NC(=O)c2ccc(F)cc2)s1. The van der Waals surface area contributed by atoms with E-state index in [0.29, 0.717) is 17.2 Å². The summed E-state index contributed by atoms with van der Waals surface area (Å²) in [6.07, 6.45) is 2.70. The number of anilines is 1. The number of carbonyl (C=O) groups is 1. The molecule has 0 unspecified atom stereocenters. The van der Waals surface area contributed by atoms with Crippen LogP contribution in [-0.2, 0) is 6.42 Å². The molecule has 0 radical (unpaired) electrons. The second kappa shape index (κ2) is 7.06. The van der Waals surface area contributed by atoms with Crippen LogP contribution in [-0.4, -0.2) is 22.6 Å². The van der Waals surface area contributed by atoms with Crippen molar-refractivity contribution >= 4 is 22.4 Å². The van der Waals surface area contributed by atoms with Crippen LogP contribution in [0.25, 0.3) is 0 Å². The molecule has 0 aliphatic carbocycles. The summed E-state index contributed by atoms with van der Waals surface area (Å²) in [5.74, 6) is -0.700. The second-order valence-electron chi connectivity index (χ2n) is 4.21. The first-order valence-electron chi connectivity index (χ1n) is 6.28. The van der Waals surface area contributed by atoms with E-state index in [0.717, 1.165) is 24.3 Å². The Morgan fingerprint density at radius 2 is 2.00 bits per heavy atom. The van der Waals surface area contributed by atoms with Gasteiger partial charge in [-0.1, -0.05) is 11.3 Å². The molecule has 1 aromatic carbocycles. The van der Waals surface area contributed by atoms with Gasteiger partial charge in [0.05, 0.1) is 0 Å². The van der Waals surface area contributed by atoms with Crippen molar-refractivity contribution in [2.45, 2.75) is 19.3 Å². The number of aromatic nitrogens is 2. The van der Waals surface area contributed by atoms with Gasteiger partial charge in [-0.05, 0) is 43.7 Å². The van der Waals surface area contributed by atoms with Crippen molar-refractivity contribution in [3.63, 3.8) is 0 Å². The summed E-state index contributed by atoms with van der Waals surface area (Å²) < 4.78 is 12.8. The summed E-state index contributed by atoms with van der Waals surface area (Å²) >= 11 is 1.34. The molecule has 3 N–H and O–H groups in total. The van der Waals surface area contributed by atoms with Gasteiger partial charge in [0.15, 0.2) is 0 Å². The standard InChI is InChI=1S/C13H15FN4OS/c14-10-6-4-9(5-7-10)12(19)16-13-18-17-11(20-13)3-1-2-8-15/h4-7H,1-3,8,15H2,(H,16,18,19). The van der Waals surface area contributed by atoms with Gasteiger partial charge in [0, 0.05) is 12.0 Å². The molecule has 106 valence electrons. The van der Waals surface area contributed by atoms with Crippen LogP contribution in [0.5, 0.6) is 0 Å². The number of rotatable bonds is 6. The first kappa shape index (κ1) is 14.5. The number of unbranched alkanes of at least 4 members (excludes halogenated alkanes) is 1. The van der Waals surface area contributed by atoms with E-state index in [1.54, 1.807) is 0 Å². The van der Waals surface area contributed by atoms with Crippen LogP contribution >= 0.6 is 11.3 Å². The Morgan fingerprint density at radius 3 is 2.70 bits per heavy atom. The van der Waals surface area contributed by atoms with Crippen LogP contribution in [0.1, 0.15) is 28.2 Å². The van der Waals surface area contributed by atoms with E-state index in [1.807, 2.05) is 0 Å². The molecule has 0 atom stereocenters. The van der Waals surface area contributed by atoms with Gasteiger partial charge in [0.2, 0.25) is 5.13 Å². The number of hydrogen-bond acceptors (Lipinski definition) is 5. The summed E-state index contributed by atoms with van der Waals surface area (Å²) in [4.78, 5) is 11.9. The molecule has 7 heteroatoms. The number of aryl methyl sites for hydroxylation is 1. The fourth-order valence-corrected chi connectivity index (χ4v) is 2.37. The van der Waals surface area contributed by atoms with Crippen LogP contribution in [0.2, 0.25) is 0 Å². The quantitative estimate of drug-likeness (QED) is 0.800. The molecule has 0 saturated carbocycles. The minimum absolute atomic E-state index is 0.324. The first-order chi connectivity index (χ1) is 9.69. The molecular weight excluding hydrogens is 279 g/mol. The van der Waals surface area contributed by atoms with Gasteiger partial charge in [-0.25, -0.2) is 4.39 Å². The molecule has 0 fully saturated rings. The van der Waals surface area contributed by atoms with Crippen LogP contribution in [0, 0.1) is 5.82 Å². The first-order valence-corrected chi connectivity index (χ1v) is 7.10. The predicted molar refractivity (Wildman–Crippen MR) is 76.3 cm³/mol. The van der Waals surface area contributed by atoms with Crippen molar-refractivity contribution in [2.75, 3.05) is 11.9 Å². The minimum Gasteiger partial charge on any atom is -0.330 e. The maximum atomic E-state index is 12.8. The Morgan fingerprint density at radius 1 is 1.25 bits per heavy atom. The molecule has 1 amide bonds. The van der Waals surface area contributed by atoms with Crippen molar-refractivity contribution < 1.29 is 9.18 Å². The summed E-state index contributed by atoms with van der Waals surface area (Å²) in [6, 6.07) is 5.34. The number of hydrogen-bond donors (Lipinski definition) is 2. The molecule has 0 spiro atoms. The number of carbonyl (C=O) groups excluding carboxylic acids is 1. The molecule has 2 aromatic rings. The van der Waals surface area contributed by atoms with Gasteiger partial charge in [-0.15, -0.1) is 10.2 Å². The van der Waals surface area contributed by atoms with Crippen molar-refractivity contribution in [1.29, 1.82) is 0 Å². The van der Waals surface area contributed by atoms with E-state index in [4.69, 9.17) is 5.73 Å². The Balaban J connectivity index is 1.92. The molecule has 1 heterocycles. The maximum Gasteiger partial charge on any atom is 0.257 e. The summed E-state index contributed by atoms with van der Waals surface area (Å²) in [5, 5.41) is 11.9. The zero-order valence-corrected chi connectivity index (χ0v) is 11.6. The number of nitrogens with two attached hydrogens (primary N) is 1. The monoisotopic (exact) mass is 294 g/mol. The fourth-order valence-electron chi connectivity index (χ4n) is 1.60. The lowest BCUT2D eigenvalue weighted by molar-refractivity contribution is 0.102. The number of benzene rings is 1. The molecule has 2 rings (SSSR count). The van der Waals surface area contributed by atoms with Crippen LogP contribution in [0.3, 0.4) is 0 Å². The average Bonchev–Trinajstić information content (AvgIpc) is 2.87. The fraction of sp³-hybridized carbons (Fsp3) is 0.308. The molecule has 0 saturated heterocycles. The molecule has 0 aliphatic heterocycles. The van der Waals surface area contributed by atoms with Crippen molar-refractivity contribution in [1.82, 2.24) is 10.2 Å². The topological polar surface area (TPSA) is 80.9 Å². The lowest BCUT2D eigenvalue weighted by Gasteiger charge is -2.00. The van der Waals surface area contributed by atoms with Crippen LogP contribution < -0.4 is 11.1 Å². The average molecular weight is 294 g/mol. The summed E-state index contributed by atoms with van der Waals surface area (Å²) in [7, 11) is 0. The zero-order chi connectivity index (χ0) is 14.4. The third-order valence-corrected chi connectivity index (χ3v) is 3.54. The Kier molecular flexibility index (Phi) is 5.14. The molecule has 1 aromatic heterocycles. The maximum absolute atomic E-state index is 12.8. The number of amides is 1. The molecular formula is C13H15FN4OS. The number of nitrogens with one attached hydrogen (secondary N) is 1. The van der Waals surface area contributed by atoms with Gasteiger partial charge < -0.3 is 5.73 Å². The van der Waals surface area contributed by atoms with E-state index in [-0.39, 0.29) is 11.7 Å². The molecule has 5 nitrogen and oxygen atoms in total.